The molecule has 76 valence electrons. The van der Waals surface area contributed by atoms with Gasteiger partial charge in [-0.25, -0.2) is 9.97 Å². The molecule has 0 saturated heterocycles. The van der Waals surface area contributed by atoms with Gasteiger partial charge in [0.2, 0.25) is 0 Å². The third-order valence-corrected chi connectivity index (χ3v) is 2.01. The number of phenols is 1. The molecule has 0 spiro atoms. The molecule has 1 aromatic heterocycles. The second-order valence-electron chi connectivity index (χ2n) is 2.93. The van der Waals surface area contributed by atoms with E-state index in [-0.39, 0.29) is 5.75 Å². The summed E-state index contributed by atoms with van der Waals surface area (Å²) in [4.78, 5) is 8.19. The van der Waals surface area contributed by atoms with Crippen LogP contribution in [-0.4, -0.2) is 22.2 Å². The van der Waals surface area contributed by atoms with Gasteiger partial charge in [-0.1, -0.05) is 6.07 Å². The lowest BCUT2D eigenvalue weighted by molar-refractivity contribution is 0.374. The quantitative estimate of drug-likeness (QED) is 0.807. The Morgan fingerprint density at radius 2 is 1.87 bits per heavy atom. The van der Waals surface area contributed by atoms with Gasteiger partial charge in [-0.05, 0) is 18.2 Å². The Hall–Kier alpha value is -2.10. The number of para-hydroxylation sites is 1. The standard InChI is InChI=1S/C11H10N2O2/c1-15-10-8(4-2-5-9(10)14)11-12-6-3-7-13-11/h2-7,14H,1H3. The molecule has 0 bridgehead atoms. The summed E-state index contributed by atoms with van der Waals surface area (Å²) in [5.41, 5.74) is 0.679. The van der Waals surface area contributed by atoms with Crippen LogP contribution in [0.5, 0.6) is 11.5 Å². The van der Waals surface area contributed by atoms with Crippen molar-refractivity contribution in [3.63, 3.8) is 0 Å². The zero-order valence-electron chi connectivity index (χ0n) is 8.21. The van der Waals surface area contributed by atoms with Gasteiger partial charge in [0.1, 0.15) is 0 Å². The summed E-state index contributed by atoms with van der Waals surface area (Å²) in [6, 6.07) is 6.82. The van der Waals surface area contributed by atoms with E-state index in [0.29, 0.717) is 17.1 Å². The molecule has 0 atom stereocenters. The van der Waals surface area contributed by atoms with Crippen LogP contribution in [0.3, 0.4) is 0 Å². The van der Waals surface area contributed by atoms with E-state index in [1.54, 1.807) is 36.7 Å². The third kappa shape index (κ3) is 1.74. The van der Waals surface area contributed by atoms with Gasteiger partial charge in [0.15, 0.2) is 17.3 Å². The summed E-state index contributed by atoms with van der Waals surface area (Å²) in [7, 11) is 1.50. The molecule has 0 amide bonds. The molecule has 0 aliphatic heterocycles. The van der Waals surface area contributed by atoms with Crippen LogP contribution in [0.2, 0.25) is 0 Å². The van der Waals surface area contributed by atoms with Gasteiger partial charge in [-0.2, -0.15) is 0 Å². The van der Waals surface area contributed by atoms with Gasteiger partial charge >= 0.3 is 0 Å². The Morgan fingerprint density at radius 1 is 1.13 bits per heavy atom. The number of nitrogens with zero attached hydrogens (tertiary/aromatic N) is 2. The van der Waals surface area contributed by atoms with Crippen LogP contribution >= 0.6 is 0 Å². The number of ether oxygens (including phenoxy) is 1. The number of aromatic nitrogens is 2. The molecular weight excluding hydrogens is 192 g/mol. The van der Waals surface area contributed by atoms with Crippen molar-refractivity contribution in [1.29, 1.82) is 0 Å². The number of benzene rings is 1. The van der Waals surface area contributed by atoms with E-state index in [9.17, 15) is 5.11 Å². The normalized spacial score (nSPS) is 9.93. The second kappa shape index (κ2) is 3.96. The number of rotatable bonds is 2. The minimum atomic E-state index is 0.0856. The first-order valence-electron chi connectivity index (χ1n) is 4.46. The maximum atomic E-state index is 9.57. The molecule has 15 heavy (non-hydrogen) atoms. The molecule has 1 N–H and O–H groups in total. The van der Waals surface area contributed by atoms with Crippen molar-refractivity contribution in [2.45, 2.75) is 0 Å². The van der Waals surface area contributed by atoms with E-state index in [1.807, 2.05) is 0 Å². The third-order valence-electron chi connectivity index (χ3n) is 2.01. The van der Waals surface area contributed by atoms with E-state index in [0.717, 1.165) is 0 Å². The molecule has 0 aliphatic rings. The molecule has 0 radical (unpaired) electrons. The zero-order valence-corrected chi connectivity index (χ0v) is 8.21. The minimum absolute atomic E-state index is 0.0856. The summed E-state index contributed by atoms with van der Waals surface area (Å²) in [6.07, 6.45) is 3.29. The molecule has 0 unspecified atom stereocenters. The largest absolute Gasteiger partial charge is 0.504 e. The maximum Gasteiger partial charge on any atom is 0.171 e. The van der Waals surface area contributed by atoms with Gasteiger partial charge < -0.3 is 9.84 Å². The average molecular weight is 202 g/mol. The van der Waals surface area contributed by atoms with Gasteiger partial charge in [-0.15, -0.1) is 0 Å². The predicted octanol–water partition coefficient (Wildman–Crippen LogP) is 1.86. The van der Waals surface area contributed by atoms with E-state index < -0.39 is 0 Å². The van der Waals surface area contributed by atoms with Crippen molar-refractivity contribution < 1.29 is 9.84 Å². The lowest BCUT2D eigenvalue weighted by atomic mass is 10.1. The predicted molar refractivity (Wildman–Crippen MR) is 55.7 cm³/mol. The van der Waals surface area contributed by atoms with Crippen molar-refractivity contribution in [1.82, 2.24) is 9.97 Å². The fourth-order valence-corrected chi connectivity index (χ4v) is 1.35. The minimum Gasteiger partial charge on any atom is -0.504 e. The number of hydrogen-bond acceptors (Lipinski definition) is 4. The van der Waals surface area contributed by atoms with E-state index >= 15 is 0 Å². The first-order valence-corrected chi connectivity index (χ1v) is 4.46. The van der Waals surface area contributed by atoms with Crippen molar-refractivity contribution in [2.24, 2.45) is 0 Å². The Labute approximate surface area is 87.2 Å². The molecule has 1 aromatic carbocycles. The van der Waals surface area contributed by atoms with Gasteiger partial charge in [0.05, 0.1) is 12.7 Å². The highest BCUT2D eigenvalue weighted by molar-refractivity contribution is 5.68. The summed E-state index contributed by atoms with van der Waals surface area (Å²) in [6.45, 7) is 0. The van der Waals surface area contributed by atoms with Crippen molar-refractivity contribution >= 4 is 0 Å². The fraction of sp³-hybridized carbons (Fsp3) is 0.0909. The number of hydrogen-bond donors (Lipinski definition) is 1. The van der Waals surface area contributed by atoms with E-state index in [1.165, 1.54) is 7.11 Å². The van der Waals surface area contributed by atoms with Gasteiger partial charge in [0, 0.05) is 12.4 Å². The van der Waals surface area contributed by atoms with Crippen LogP contribution in [0.4, 0.5) is 0 Å². The van der Waals surface area contributed by atoms with Crippen molar-refractivity contribution in [2.75, 3.05) is 7.11 Å². The molecule has 1 heterocycles. The molecule has 0 aliphatic carbocycles. The number of aromatic hydroxyl groups is 1. The Bertz CT molecular complexity index is 457. The molecule has 4 heteroatoms. The SMILES string of the molecule is COc1c(O)cccc1-c1ncccn1. The highest BCUT2D eigenvalue weighted by Gasteiger charge is 2.11. The molecular formula is C11H10N2O2. The molecule has 0 fully saturated rings. The van der Waals surface area contributed by atoms with E-state index in [4.69, 9.17) is 4.74 Å². The fourth-order valence-electron chi connectivity index (χ4n) is 1.35. The molecule has 0 saturated carbocycles. The van der Waals surface area contributed by atoms with Crippen LogP contribution < -0.4 is 4.74 Å². The number of phenolic OH excluding ortho intramolecular Hbond substituents is 1. The first kappa shape index (κ1) is 9.45. The van der Waals surface area contributed by atoms with E-state index in [2.05, 4.69) is 9.97 Å². The molecule has 2 rings (SSSR count). The van der Waals surface area contributed by atoms with Crippen LogP contribution in [0.25, 0.3) is 11.4 Å². The summed E-state index contributed by atoms with van der Waals surface area (Å²) < 4.78 is 5.10. The van der Waals surface area contributed by atoms with Crippen LogP contribution in [0, 0.1) is 0 Å². The topological polar surface area (TPSA) is 55.2 Å². The average Bonchev–Trinajstić information content (AvgIpc) is 2.30. The highest BCUT2D eigenvalue weighted by Crippen LogP contribution is 2.34. The van der Waals surface area contributed by atoms with Crippen LogP contribution in [0.1, 0.15) is 0 Å². The Morgan fingerprint density at radius 3 is 2.53 bits per heavy atom. The molecule has 2 aromatic rings. The Balaban J connectivity index is 2.58. The summed E-state index contributed by atoms with van der Waals surface area (Å²) in [5.74, 6) is 1.01. The molecule has 4 nitrogen and oxygen atoms in total. The van der Waals surface area contributed by atoms with Crippen LogP contribution in [-0.2, 0) is 0 Å². The second-order valence-corrected chi connectivity index (χ2v) is 2.93. The lowest BCUT2D eigenvalue weighted by Gasteiger charge is -2.08. The van der Waals surface area contributed by atoms with Crippen LogP contribution in [0.15, 0.2) is 36.7 Å². The first-order chi connectivity index (χ1) is 7.33. The summed E-state index contributed by atoms with van der Waals surface area (Å²) in [5, 5.41) is 9.57. The van der Waals surface area contributed by atoms with Crippen molar-refractivity contribution in [3.05, 3.63) is 36.7 Å². The van der Waals surface area contributed by atoms with Gasteiger partial charge in [-0.3, -0.25) is 0 Å². The number of methoxy groups -OCH3 is 1. The summed E-state index contributed by atoms with van der Waals surface area (Å²) >= 11 is 0. The maximum absolute atomic E-state index is 9.57. The monoisotopic (exact) mass is 202 g/mol. The zero-order chi connectivity index (χ0) is 10.7. The van der Waals surface area contributed by atoms with Gasteiger partial charge in [0.25, 0.3) is 0 Å². The Kier molecular flexibility index (Phi) is 2.49. The highest BCUT2D eigenvalue weighted by atomic mass is 16.5. The lowest BCUT2D eigenvalue weighted by Crippen LogP contribution is -1.92. The smallest absolute Gasteiger partial charge is 0.171 e. The van der Waals surface area contributed by atoms with Crippen molar-refractivity contribution in [3.8, 4) is 22.9 Å².